The van der Waals surface area contributed by atoms with Crippen molar-refractivity contribution in [1.82, 2.24) is 30.4 Å². The standard InChI is InChI=1S/C33H48N6O8S2/c1-19(2)24(39(6)32(44)33(8-9-33)37-29(42)25-17-46-12-11-38(25)5)16-26(47-21(4)40)30-36-23(18-49-30)28(41)35-22(14-20(3)31(43)45-7)15-27-34-10-13-48-27/h10,13,18-20,22,24-26H,8-9,11-12,14-17H2,1-7H3,(H,35,41)(H,37,42)/t20-,22+,24+,25+,26+/m0/s1. The van der Waals surface area contributed by atoms with E-state index in [0.29, 0.717) is 43.8 Å². The van der Waals surface area contributed by atoms with E-state index in [1.807, 2.05) is 31.2 Å². The zero-order chi connectivity index (χ0) is 35.9. The molecule has 0 aromatic carbocycles. The van der Waals surface area contributed by atoms with Crippen LogP contribution in [0.2, 0.25) is 0 Å². The first kappa shape index (κ1) is 38.3. The van der Waals surface area contributed by atoms with Crippen LogP contribution in [0.5, 0.6) is 0 Å². The Bertz CT molecular complexity index is 1460. The predicted molar refractivity (Wildman–Crippen MR) is 183 cm³/mol. The lowest BCUT2D eigenvalue weighted by Gasteiger charge is -2.37. The minimum Gasteiger partial charge on any atom is -0.469 e. The lowest BCUT2D eigenvalue weighted by molar-refractivity contribution is -0.149. The Labute approximate surface area is 295 Å². The van der Waals surface area contributed by atoms with Crippen molar-refractivity contribution in [3.05, 3.63) is 32.7 Å². The number of morpholine rings is 1. The van der Waals surface area contributed by atoms with E-state index in [4.69, 9.17) is 14.2 Å². The van der Waals surface area contributed by atoms with Gasteiger partial charge >= 0.3 is 11.9 Å². The van der Waals surface area contributed by atoms with Crippen molar-refractivity contribution < 1.29 is 38.2 Å². The van der Waals surface area contributed by atoms with Crippen LogP contribution in [-0.2, 0) is 39.8 Å². The monoisotopic (exact) mass is 720 g/mol. The van der Waals surface area contributed by atoms with Crippen molar-refractivity contribution >= 4 is 52.3 Å². The molecule has 2 aromatic heterocycles. The van der Waals surface area contributed by atoms with Crippen molar-refractivity contribution in [3.8, 4) is 0 Å². The molecule has 3 heterocycles. The number of ether oxygens (including phenoxy) is 3. The van der Waals surface area contributed by atoms with Crippen molar-refractivity contribution in [2.75, 3.05) is 41.0 Å². The normalized spacial score (nSPS) is 19.6. The van der Waals surface area contributed by atoms with Crippen molar-refractivity contribution in [2.45, 2.75) is 89.6 Å². The van der Waals surface area contributed by atoms with Gasteiger partial charge in [0.15, 0.2) is 6.10 Å². The molecule has 49 heavy (non-hydrogen) atoms. The number of carbonyl (C=O) groups excluding carboxylic acids is 5. The summed E-state index contributed by atoms with van der Waals surface area (Å²) in [5, 5.41) is 10.7. The molecule has 16 heteroatoms. The predicted octanol–water partition coefficient (Wildman–Crippen LogP) is 2.60. The highest BCUT2D eigenvalue weighted by molar-refractivity contribution is 7.10. The molecule has 1 saturated carbocycles. The molecule has 5 atom stereocenters. The quantitative estimate of drug-likeness (QED) is 0.245. The third kappa shape index (κ3) is 10.0. The first-order chi connectivity index (χ1) is 23.2. The maximum Gasteiger partial charge on any atom is 0.308 e. The number of methoxy groups -OCH3 is 1. The van der Waals surface area contributed by atoms with E-state index in [0.717, 1.165) is 5.01 Å². The minimum absolute atomic E-state index is 0.0393. The Hall–Kier alpha value is -3.47. The van der Waals surface area contributed by atoms with Crippen LogP contribution < -0.4 is 10.6 Å². The van der Waals surface area contributed by atoms with Gasteiger partial charge < -0.3 is 29.7 Å². The molecule has 0 radical (unpaired) electrons. The summed E-state index contributed by atoms with van der Waals surface area (Å²) in [4.78, 5) is 77.3. The number of hydrogen-bond acceptors (Lipinski definition) is 13. The van der Waals surface area contributed by atoms with Gasteiger partial charge in [-0.25, -0.2) is 9.97 Å². The number of nitrogens with one attached hydrogen (secondary N) is 2. The zero-order valence-electron chi connectivity index (χ0n) is 29.2. The second-order valence-electron chi connectivity index (χ2n) is 13.2. The van der Waals surface area contributed by atoms with E-state index in [1.54, 1.807) is 30.4 Å². The van der Waals surface area contributed by atoms with Crippen LogP contribution in [0.1, 0.15) is 80.0 Å². The molecule has 0 bridgehead atoms. The molecular weight excluding hydrogens is 673 g/mol. The summed E-state index contributed by atoms with van der Waals surface area (Å²) in [5.41, 5.74) is -0.838. The van der Waals surface area contributed by atoms with Crippen LogP contribution >= 0.6 is 22.7 Å². The van der Waals surface area contributed by atoms with E-state index in [-0.39, 0.29) is 48.5 Å². The van der Waals surface area contributed by atoms with Crippen LogP contribution in [-0.4, -0.2) is 114 Å². The average Bonchev–Trinajstić information content (AvgIpc) is 3.40. The van der Waals surface area contributed by atoms with E-state index in [1.165, 1.54) is 36.7 Å². The van der Waals surface area contributed by atoms with Gasteiger partial charge in [0.1, 0.15) is 22.3 Å². The highest BCUT2D eigenvalue weighted by Gasteiger charge is 2.54. The molecule has 4 rings (SSSR count). The Balaban J connectivity index is 1.47. The Morgan fingerprint density at radius 3 is 2.49 bits per heavy atom. The smallest absolute Gasteiger partial charge is 0.308 e. The van der Waals surface area contributed by atoms with Crippen molar-refractivity contribution in [1.29, 1.82) is 0 Å². The van der Waals surface area contributed by atoms with Gasteiger partial charge in [0.05, 0.1) is 31.2 Å². The summed E-state index contributed by atoms with van der Waals surface area (Å²) >= 11 is 2.65. The number of rotatable bonds is 16. The summed E-state index contributed by atoms with van der Waals surface area (Å²) in [6.45, 7) is 8.46. The molecule has 2 aliphatic rings. The fraction of sp³-hybridized carbons (Fsp3) is 0.667. The van der Waals surface area contributed by atoms with Crippen LogP contribution in [0, 0.1) is 11.8 Å². The summed E-state index contributed by atoms with van der Waals surface area (Å²) in [5.74, 6) is -2.25. The Morgan fingerprint density at radius 2 is 1.90 bits per heavy atom. The zero-order valence-corrected chi connectivity index (χ0v) is 30.9. The number of amides is 3. The highest BCUT2D eigenvalue weighted by atomic mass is 32.1. The minimum atomic E-state index is -0.985. The Morgan fingerprint density at radius 1 is 1.16 bits per heavy atom. The first-order valence-electron chi connectivity index (χ1n) is 16.5. The second kappa shape index (κ2) is 17.0. The van der Waals surface area contributed by atoms with Gasteiger partial charge in [-0.3, -0.25) is 28.9 Å². The van der Waals surface area contributed by atoms with E-state index in [2.05, 4.69) is 20.6 Å². The molecule has 1 aliphatic heterocycles. The van der Waals surface area contributed by atoms with Crippen LogP contribution in [0.25, 0.3) is 0 Å². The summed E-state index contributed by atoms with van der Waals surface area (Å²) in [7, 11) is 4.90. The van der Waals surface area contributed by atoms with Crippen molar-refractivity contribution in [3.63, 3.8) is 0 Å². The molecule has 270 valence electrons. The number of carbonyl (C=O) groups is 5. The topological polar surface area (TPSA) is 169 Å². The van der Waals surface area contributed by atoms with Crippen LogP contribution in [0.3, 0.4) is 0 Å². The van der Waals surface area contributed by atoms with Gasteiger partial charge in [-0.05, 0) is 32.2 Å². The SMILES string of the molecule is COC(=O)[C@@H](C)C[C@H](Cc1nccs1)NC(=O)c1csc([C@@H](C[C@H](C(C)C)N(C)C(=O)C2(NC(=O)[C@H]3COCCN3C)CC2)OC(C)=O)n1. The van der Waals surface area contributed by atoms with E-state index >= 15 is 0 Å². The largest absolute Gasteiger partial charge is 0.469 e. The second-order valence-corrected chi connectivity index (χ2v) is 15.1. The number of esters is 2. The Kier molecular flexibility index (Phi) is 13.3. The molecule has 1 aliphatic carbocycles. The molecule has 2 fully saturated rings. The lowest BCUT2D eigenvalue weighted by Crippen LogP contribution is -2.59. The number of thiazole rings is 2. The number of aromatic nitrogens is 2. The van der Waals surface area contributed by atoms with Crippen molar-refractivity contribution in [2.24, 2.45) is 11.8 Å². The average molecular weight is 721 g/mol. The highest BCUT2D eigenvalue weighted by Crippen LogP contribution is 2.39. The molecule has 14 nitrogen and oxygen atoms in total. The summed E-state index contributed by atoms with van der Waals surface area (Å²) in [6.07, 6.45) is 2.94. The lowest BCUT2D eigenvalue weighted by atomic mass is 9.95. The van der Waals surface area contributed by atoms with Gasteiger partial charge in [0.25, 0.3) is 5.91 Å². The van der Waals surface area contributed by atoms with Crippen LogP contribution in [0.4, 0.5) is 0 Å². The number of likely N-dealkylation sites (N-methyl/N-ethyl adjacent to an activating group) is 2. The van der Waals surface area contributed by atoms with Gasteiger partial charge in [-0.2, -0.15) is 0 Å². The first-order valence-corrected chi connectivity index (χ1v) is 18.3. The van der Waals surface area contributed by atoms with E-state index < -0.39 is 41.5 Å². The molecule has 0 spiro atoms. The maximum atomic E-state index is 13.9. The third-order valence-corrected chi connectivity index (χ3v) is 10.8. The molecule has 3 amide bonds. The molecule has 2 N–H and O–H groups in total. The van der Waals surface area contributed by atoms with Gasteiger partial charge in [-0.15, -0.1) is 22.7 Å². The fourth-order valence-electron chi connectivity index (χ4n) is 6.06. The van der Waals surface area contributed by atoms with E-state index in [9.17, 15) is 24.0 Å². The molecular formula is C33H48N6O8S2. The van der Waals surface area contributed by atoms with Crippen LogP contribution in [0.15, 0.2) is 17.0 Å². The third-order valence-electron chi connectivity index (χ3n) is 9.08. The van der Waals surface area contributed by atoms with Gasteiger partial charge in [0.2, 0.25) is 11.8 Å². The summed E-state index contributed by atoms with van der Waals surface area (Å²) < 4.78 is 16.1. The number of hydrogen-bond donors (Lipinski definition) is 2. The summed E-state index contributed by atoms with van der Waals surface area (Å²) in [6, 6.07) is -1.25. The number of nitrogens with zero attached hydrogens (tertiary/aromatic N) is 4. The van der Waals surface area contributed by atoms with Gasteiger partial charge in [-0.1, -0.05) is 20.8 Å². The fourth-order valence-corrected chi connectivity index (χ4v) is 7.60. The molecule has 0 unspecified atom stereocenters. The molecule has 2 aromatic rings. The molecule has 1 saturated heterocycles. The maximum absolute atomic E-state index is 13.9. The van der Waals surface area contributed by atoms with Gasteiger partial charge in [0, 0.05) is 62.4 Å².